The summed E-state index contributed by atoms with van der Waals surface area (Å²) in [7, 11) is 0. The summed E-state index contributed by atoms with van der Waals surface area (Å²) in [5.41, 5.74) is 5.42. The second-order valence-electron chi connectivity index (χ2n) is 4.04. The number of carboxylic acids is 1. The molecule has 0 radical (unpaired) electrons. The molecule has 0 fully saturated rings. The first-order chi connectivity index (χ1) is 9.92. The summed E-state index contributed by atoms with van der Waals surface area (Å²) in [6, 6.07) is 5.42. The molecule has 0 aliphatic carbocycles. The van der Waals surface area contributed by atoms with Gasteiger partial charge in [0.25, 0.3) is 5.91 Å². The van der Waals surface area contributed by atoms with Gasteiger partial charge in [-0.2, -0.15) is 0 Å². The molecule has 4 N–H and O–H groups in total. The maximum Gasteiger partial charge on any atom is 0.335 e. The van der Waals surface area contributed by atoms with Gasteiger partial charge in [-0.25, -0.2) is 4.79 Å². The van der Waals surface area contributed by atoms with E-state index in [1.54, 1.807) is 6.07 Å². The topological polar surface area (TPSA) is 106 Å². The Balaban J connectivity index is 2.27. The van der Waals surface area contributed by atoms with Crippen molar-refractivity contribution < 1.29 is 19.1 Å². The number of carbonyl (C=O) groups excluding carboxylic acids is 1. The third-order valence-corrected chi connectivity index (χ3v) is 3.21. The number of carboxylic acid groups (broad SMARTS) is 1. The third kappa shape index (κ3) is 3.36. The molecule has 0 saturated heterocycles. The zero-order valence-electron chi connectivity index (χ0n) is 10.5. The Kier molecular flexibility index (Phi) is 4.52. The smallest absolute Gasteiger partial charge is 0.335 e. The Bertz CT molecular complexity index is 689. The number of anilines is 1. The summed E-state index contributed by atoms with van der Waals surface area (Å²) in [5, 5.41) is 11.4. The van der Waals surface area contributed by atoms with Crippen LogP contribution in [0.4, 0.5) is 5.69 Å². The first-order valence-electron chi connectivity index (χ1n) is 5.75. The van der Waals surface area contributed by atoms with Gasteiger partial charge in [-0.15, -0.1) is 0 Å². The van der Waals surface area contributed by atoms with E-state index >= 15 is 0 Å². The van der Waals surface area contributed by atoms with Crippen LogP contribution in [0.1, 0.15) is 26.7 Å². The van der Waals surface area contributed by atoms with E-state index in [2.05, 4.69) is 5.32 Å². The number of hydrogen-bond donors (Lipinski definition) is 3. The summed E-state index contributed by atoms with van der Waals surface area (Å²) >= 11 is 11.9. The van der Waals surface area contributed by atoms with E-state index in [1.165, 1.54) is 18.2 Å². The lowest BCUT2D eigenvalue weighted by molar-refractivity contribution is 0.0696. The Morgan fingerprint density at radius 1 is 1.24 bits per heavy atom. The Labute approximate surface area is 129 Å². The lowest BCUT2D eigenvalue weighted by Gasteiger charge is -2.09. The van der Waals surface area contributed by atoms with Crippen LogP contribution in [0.5, 0.6) is 0 Å². The van der Waals surface area contributed by atoms with E-state index in [1.807, 2.05) is 0 Å². The number of nitrogens with two attached hydrogens (primary N) is 1. The molecule has 8 heteroatoms. The van der Waals surface area contributed by atoms with Crippen LogP contribution in [-0.4, -0.2) is 17.0 Å². The minimum Gasteiger partial charge on any atom is -0.478 e. The number of aromatic carboxylic acids is 1. The van der Waals surface area contributed by atoms with Crippen LogP contribution in [-0.2, 0) is 6.54 Å². The monoisotopic (exact) mass is 328 g/mol. The third-order valence-electron chi connectivity index (χ3n) is 2.61. The molecular weight excluding hydrogens is 319 g/mol. The molecule has 1 aromatic heterocycles. The van der Waals surface area contributed by atoms with Crippen molar-refractivity contribution in [2.24, 2.45) is 5.73 Å². The van der Waals surface area contributed by atoms with Gasteiger partial charge in [0.05, 0.1) is 27.8 Å². The summed E-state index contributed by atoms with van der Waals surface area (Å²) in [6.45, 7) is 0.169. The summed E-state index contributed by atoms with van der Waals surface area (Å²) in [5.74, 6) is -1.24. The minimum atomic E-state index is -1.17. The fraction of sp³-hybridized carbons (Fsp3) is 0.0769. The van der Waals surface area contributed by atoms with E-state index in [9.17, 15) is 9.59 Å². The lowest BCUT2D eigenvalue weighted by Crippen LogP contribution is -2.12. The van der Waals surface area contributed by atoms with Crippen molar-refractivity contribution in [1.82, 2.24) is 0 Å². The molecule has 0 spiro atoms. The summed E-state index contributed by atoms with van der Waals surface area (Å²) in [4.78, 5) is 22.9. The van der Waals surface area contributed by atoms with Crippen molar-refractivity contribution in [2.75, 3.05) is 5.32 Å². The average molecular weight is 329 g/mol. The largest absolute Gasteiger partial charge is 0.478 e. The molecule has 0 aliphatic rings. The summed E-state index contributed by atoms with van der Waals surface area (Å²) < 4.78 is 5.19. The minimum absolute atomic E-state index is 0.0128. The lowest BCUT2D eigenvalue weighted by atomic mass is 10.2. The summed E-state index contributed by atoms with van der Waals surface area (Å²) in [6.07, 6.45) is 0. The van der Waals surface area contributed by atoms with Crippen LogP contribution in [0.25, 0.3) is 0 Å². The van der Waals surface area contributed by atoms with Gasteiger partial charge in [-0.05, 0) is 24.3 Å². The van der Waals surface area contributed by atoms with Gasteiger partial charge in [0, 0.05) is 0 Å². The molecule has 1 amide bonds. The molecule has 0 unspecified atom stereocenters. The Morgan fingerprint density at radius 2 is 1.86 bits per heavy atom. The SMILES string of the molecule is NCc1ccc(C(=O)Nc2c(Cl)cc(C(=O)O)cc2Cl)o1. The number of furan rings is 1. The van der Waals surface area contributed by atoms with Gasteiger partial charge in [0.15, 0.2) is 5.76 Å². The number of rotatable bonds is 4. The Morgan fingerprint density at radius 3 is 2.33 bits per heavy atom. The fourth-order valence-electron chi connectivity index (χ4n) is 1.60. The van der Waals surface area contributed by atoms with Crippen molar-refractivity contribution in [3.8, 4) is 0 Å². The second kappa shape index (κ2) is 6.17. The predicted molar refractivity (Wildman–Crippen MR) is 78.0 cm³/mol. The average Bonchev–Trinajstić information content (AvgIpc) is 2.91. The van der Waals surface area contributed by atoms with Gasteiger partial charge < -0.3 is 20.6 Å². The van der Waals surface area contributed by atoms with Crippen LogP contribution in [0.15, 0.2) is 28.7 Å². The molecule has 1 heterocycles. The number of nitrogens with one attached hydrogen (secondary N) is 1. The van der Waals surface area contributed by atoms with E-state index in [0.717, 1.165) is 0 Å². The molecule has 0 aliphatic heterocycles. The first-order valence-corrected chi connectivity index (χ1v) is 6.50. The molecule has 0 saturated carbocycles. The normalized spacial score (nSPS) is 10.4. The van der Waals surface area contributed by atoms with E-state index in [0.29, 0.717) is 5.76 Å². The zero-order valence-corrected chi connectivity index (χ0v) is 12.0. The maximum atomic E-state index is 12.0. The van der Waals surface area contributed by atoms with Crippen molar-refractivity contribution in [3.63, 3.8) is 0 Å². The van der Waals surface area contributed by atoms with Crippen molar-refractivity contribution in [3.05, 3.63) is 51.4 Å². The highest BCUT2D eigenvalue weighted by atomic mass is 35.5. The Hall–Kier alpha value is -2.02. The van der Waals surface area contributed by atoms with Crippen LogP contribution >= 0.6 is 23.2 Å². The molecule has 2 rings (SSSR count). The highest BCUT2D eigenvalue weighted by Gasteiger charge is 2.17. The van der Waals surface area contributed by atoms with Gasteiger partial charge in [-0.1, -0.05) is 23.2 Å². The van der Waals surface area contributed by atoms with Crippen LogP contribution in [0, 0.1) is 0 Å². The van der Waals surface area contributed by atoms with Gasteiger partial charge in [-0.3, -0.25) is 4.79 Å². The predicted octanol–water partition coefficient (Wildman–Crippen LogP) is 3.00. The number of benzene rings is 1. The first kappa shape index (κ1) is 15.4. The molecule has 0 bridgehead atoms. The van der Waals surface area contributed by atoms with E-state index < -0.39 is 11.9 Å². The molecule has 1 aromatic carbocycles. The van der Waals surface area contributed by atoms with Gasteiger partial charge >= 0.3 is 5.97 Å². The molecule has 2 aromatic rings. The van der Waals surface area contributed by atoms with Crippen LogP contribution in [0.3, 0.4) is 0 Å². The quantitative estimate of drug-likeness (QED) is 0.799. The number of carbonyl (C=O) groups is 2. The second-order valence-corrected chi connectivity index (χ2v) is 4.86. The maximum absolute atomic E-state index is 12.0. The van der Waals surface area contributed by atoms with E-state index in [-0.39, 0.29) is 33.6 Å². The highest BCUT2D eigenvalue weighted by Crippen LogP contribution is 2.32. The van der Waals surface area contributed by atoms with Crippen molar-refractivity contribution in [1.29, 1.82) is 0 Å². The molecule has 6 nitrogen and oxygen atoms in total. The standard InChI is InChI=1S/C13H10Cl2N2O4/c14-8-3-6(13(19)20)4-9(15)11(8)17-12(18)10-2-1-7(5-16)21-10/h1-4H,5,16H2,(H,17,18)(H,19,20). The van der Waals surface area contributed by atoms with Gasteiger partial charge in [0.2, 0.25) is 0 Å². The van der Waals surface area contributed by atoms with Crippen molar-refractivity contribution >= 4 is 40.8 Å². The molecule has 110 valence electrons. The molecule has 0 atom stereocenters. The molecule has 21 heavy (non-hydrogen) atoms. The van der Waals surface area contributed by atoms with Crippen LogP contribution in [0.2, 0.25) is 10.0 Å². The fourth-order valence-corrected chi connectivity index (χ4v) is 2.18. The number of hydrogen-bond acceptors (Lipinski definition) is 4. The van der Waals surface area contributed by atoms with Crippen molar-refractivity contribution in [2.45, 2.75) is 6.54 Å². The zero-order chi connectivity index (χ0) is 15.6. The van der Waals surface area contributed by atoms with Gasteiger partial charge in [0.1, 0.15) is 5.76 Å². The van der Waals surface area contributed by atoms with Crippen LogP contribution < -0.4 is 11.1 Å². The molecular formula is C13H10Cl2N2O4. The number of halogens is 2. The number of amides is 1. The van der Waals surface area contributed by atoms with E-state index in [4.69, 9.17) is 38.5 Å². The highest BCUT2D eigenvalue weighted by molar-refractivity contribution is 6.40.